The van der Waals surface area contributed by atoms with Crippen LogP contribution in [0.3, 0.4) is 0 Å². The fraction of sp³-hybridized carbons (Fsp3) is 0.533. The van der Waals surface area contributed by atoms with Gasteiger partial charge < -0.3 is 15.3 Å². The molecule has 22 heavy (non-hydrogen) atoms. The Morgan fingerprint density at radius 2 is 1.95 bits per heavy atom. The van der Waals surface area contributed by atoms with Crippen molar-refractivity contribution in [3.8, 4) is 0 Å². The van der Waals surface area contributed by atoms with Gasteiger partial charge in [0, 0.05) is 25.8 Å². The van der Waals surface area contributed by atoms with Crippen LogP contribution in [0.2, 0.25) is 0 Å². The van der Waals surface area contributed by atoms with Crippen molar-refractivity contribution in [2.45, 2.75) is 26.4 Å². The third-order valence-corrected chi connectivity index (χ3v) is 3.41. The minimum Gasteiger partial charge on any atom is -0.395 e. The Hall–Kier alpha value is -1.76. The van der Waals surface area contributed by atoms with Gasteiger partial charge in [-0.3, -0.25) is 4.79 Å². The molecule has 0 saturated heterocycles. The Balaban J connectivity index is 3.51. The van der Waals surface area contributed by atoms with Crippen LogP contribution in [0.25, 0.3) is 0 Å². The van der Waals surface area contributed by atoms with E-state index >= 15 is 0 Å². The first kappa shape index (κ1) is 18.3. The van der Waals surface area contributed by atoms with Gasteiger partial charge in [0.2, 0.25) is 0 Å². The summed E-state index contributed by atoms with van der Waals surface area (Å²) in [5.41, 5.74) is -0.529. The number of benzene rings is 1. The normalized spacial score (nSPS) is 11.4. The van der Waals surface area contributed by atoms with E-state index in [0.717, 1.165) is 12.5 Å². The summed E-state index contributed by atoms with van der Waals surface area (Å²) in [7, 11) is 1.38. The fourth-order valence-corrected chi connectivity index (χ4v) is 2.42. The van der Waals surface area contributed by atoms with Crippen LogP contribution < -0.4 is 10.2 Å². The van der Waals surface area contributed by atoms with Crippen molar-refractivity contribution in [3.63, 3.8) is 0 Å². The molecule has 0 aliphatic heterocycles. The van der Waals surface area contributed by atoms with Gasteiger partial charge in [-0.1, -0.05) is 6.92 Å². The van der Waals surface area contributed by atoms with Gasteiger partial charge in [-0.15, -0.1) is 0 Å². The summed E-state index contributed by atoms with van der Waals surface area (Å²) in [5.74, 6) is -0.572. The van der Waals surface area contributed by atoms with Gasteiger partial charge in [0.15, 0.2) is 0 Å². The number of hydrogen-bond donors (Lipinski definition) is 2. The number of nitrogens with one attached hydrogen (secondary N) is 1. The van der Waals surface area contributed by atoms with Crippen molar-refractivity contribution >= 4 is 11.6 Å². The largest absolute Gasteiger partial charge is 0.416 e. The minimum absolute atomic E-state index is 0.000718. The maximum atomic E-state index is 13.0. The van der Waals surface area contributed by atoms with Crippen LogP contribution in [0.1, 0.15) is 34.8 Å². The number of halogens is 3. The molecule has 0 spiro atoms. The van der Waals surface area contributed by atoms with Gasteiger partial charge in [0.05, 0.1) is 17.7 Å². The van der Waals surface area contributed by atoms with E-state index in [-0.39, 0.29) is 24.3 Å². The molecule has 2 N–H and O–H groups in total. The van der Waals surface area contributed by atoms with Gasteiger partial charge in [-0.25, -0.2) is 0 Å². The van der Waals surface area contributed by atoms with E-state index in [2.05, 4.69) is 5.32 Å². The number of aliphatic hydroxyl groups excluding tert-OH is 1. The number of aliphatic hydroxyl groups is 1. The molecule has 0 aliphatic carbocycles. The van der Waals surface area contributed by atoms with Crippen LogP contribution in [0.5, 0.6) is 0 Å². The van der Waals surface area contributed by atoms with E-state index in [0.29, 0.717) is 12.2 Å². The zero-order valence-electron chi connectivity index (χ0n) is 12.9. The zero-order chi connectivity index (χ0) is 16.9. The second-order valence-corrected chi connectivity index (χ2v) is 4.92. The van der Waals surface area contributed by atoms with Gasteiger partial charge >= 0.3 is 6.18 Å². The maximum Gasteiger partial charge on any atom is 0.416 e. The summed E-state index contributed by atoms with van der Waals surface area (Å²) < 4.78 is 39.1. The first-order valence-electron chi connectivity index (χ1n) is 7.06. The van der Waals surface area contributed by atoms with Gasteiger partial charge in [-0.05, 0) is 31.0 Å². The first-order valence-corrected chi connectivity index (χ1v) is 7.06. The lowest BCUT2D eigenvalue weighted by Gasteiger charge is -2.27. The van der Waals surface area contributed by atoms with Crippen molar-refractivity contribution in [2.24, 2.45) is 0 Å². The van der Waals surface area contributed by atoms with E-state index in [1.54, 1.807) is 4.90 Å². The van der Waals surface area contributed by atoms with E-state index in [9.17, 15) is 18.0 Å². The Morgan fingerprint density at radius 3 is 2.41 bits per heavy atom. The van der Waals surface area contributed by atoms with Crippen LogP contribution in [0.4, 0.5) is 18.9 Å². The highest BCUT2D eigenvalue weighted by Gasteiger charge is 2.35. The number of anilines is 1. The average Bonchev–Trinajstić information content (AvgIpc) is 2.44. The smallest absolute Gasteiger partial charge is 0.395 e. The lowest BCUT2D eigenvalue weighted by Crippen LogP contribution is -2.31. The monoisotopic (exact) mass is 318 g/mol. The minimum atomic E-state index is -4.52. The molecule has 0 saturated carbocycles. The lowest BCUT2D eigenvalue weighted by atomic mass is 9.98. The number of carbonyl (C=O) groups is 1. The summed E-state index contributed by atoms with van der Waals surface area (Å²) in [5, 5.41) is 11.5. The molecule has 1 rings (SSSR count). The summed E-state index contributed by atoms with van der Waals surface area (Å²) >= 11 is 0. The maximum absolute atomic E-state index is 13.0. The van der Waals surface area contributed by atoms with E-state index in [4.69, 9.17) is 5.11 Å². The van der Waals surface area contributed by atoms with Gasteiger partial charge in [0.25, 0.3) is 5.91 Å². The summed E-state index contributed by atoms with van der Waals surface area (Å²) in [4.78, 5) is 13.8. The quantitative estimate of drug-likeness (QED) is 0.848. The third-order valence-electron chi connectivity index (χ3n) is 3.41. The van der Waals surface area contributed by atoms with Crippen molar-refractivity contribution in [3.05, 3.63) is 28.8 Å². The molecule has 0 aliphatic rings. The predicted molar refractivity (Wildman–Crippen MR) is 79.2 cm³/mol. The van der Waals surface area contributed by atoms with Crippen molar-refractivity contribution in [2.75, 3.05) is 31.6 Å². The summed E-state index contributed by atoms with van der Waals surface area (Å²) in [6.07, 6.45) is -3.77. The highest BCUT2D eigenvalue weighted by atomic mass is 19.4. The van der Waals surface area contributed by atoms with Crippen molar-refractivity contribution in [1.82, 2.24) is 5.32 Å². The van der Waals surface area contributed by atoms with E-state index in [1.165, 1.54) is 20.0 Å². The average molecular weight is 318 g/mol. The molecule has 0 atom stereocenters. The lowest BCUT2D eigenvalue weighted by molar-refractivity contribution is -0.138. The predicted octanol–water partition coefficient (Wildman–Crippen LogP) is 2.58. The molecular weight excluding hydrogens is 297 g/mol. The Bertz CT molecular complexity index is 524. The van der Waals surface area contributed by atoms with E-state index < -0.39 is 17.6 Å². The van der Waals surface area contributed by atoms with Crippen molar-refractivity contribution < 1.29 is 23.1 Å². The third kappa shape index (κ3) is 3.91. The molecule has 0 heterocycles. The summed E-state index contributed by atoms with van der Waals surface area (Å²) in [6, 6.07) is 2.28. The molecule has 0 fully saturated rings. The first-order chi connectivity index (χ1) is 10.3. The molecule has 1 aromatic rings. The standard InChI is InChI=1S/C15H21F3N2O2/c1-4-7-20(8-9-21)12-6-5-11(15(16,17)18)10(2)13(12)14(22)19-3/h5-6,21H,4,7-9H2,1-3H3,(H,19,22). The van der Waals surface area contributed by atoms with Crippen LogP contribution in [0, 0.1) is 6.92 Å². The van der Waals surface area contributed by atoms with Crippen LogP contribution >= 0.6 is 0 Å². The molecule has 0 bridgehead atoms. The molecule has 7 heteroatoms. The van der Waals surface area contributed by atoms with Crippen LogP contribution in [-0.2, 0) is 6.18 Å². The number of amides is 1. The molecule has 0 aromatic heterocycles. The Kier molecular flexibility index (Phi) is 6.22. The molecule has 0 radical (unpaired) electrons. The number of nitrogens with zero attached hydrogens (tertiary/aromatic N) is 1. The molecule has 1 aromatic carbocycles. The Morgan fingerprint density at radius 1 is 1.32 bits per heavy atom. The van der Waals surface area contributed by atoms with Gasteiger partial charge in [-0.2, -0.15) is 13.2 Å². The van der Waals surface area contributed by atoms with E-state index in [1.807, 2.05) is 6.92 Å². The molecule has 124 valence electrons. The molecular formula is C15H21F3N2O2. The van der Waals surface area contributed by atoms with Crippen molar-refractivity contribution in [1.29, 1.82) is 0 Å². The second kappa shape index (κ2) is 7.49. The topological polar surface area (TPSA) is 52.6 Å². The zero-order valence-corrected chi connectivity index (χ0v) is 12.9. The molecule has 1 amide bonds. The highest BCUT2D eigenvalue weighted by Crippen LogP contribution is 2.36. The highest BCUT2D eigenvalue weighted by molar-refractivity contribution is 6.01. The fourth-order valence-electron chi connectivity index (χ4n) is 2.42. The molecule has 0 unspecified atom stereocenters. The second-order valence-electron chi connectivity index (χ2n) is 4.92. The number of hydrogen-bond acceptors (Lipinski definition) is 3. The number of rotatable bonds is 6. The molecule has 4 nitrogen and oxygen atoms in total. The van der Waals surface area contributed by atoms with Crippen LogP contribution in [-0.4, -0.2) is 37.8 Å². The number of carbonyl (C=O) groups excluding carboxylic acids is 1. The van der Waals surface area contributed by atoms with Gasteiger partial charge in [0.1, 0.15) is 0 Å². The SMILES string of the molecule is CCCN(CCO)c1ccc(C(F)(F)F)c(C)c1C(=O)NC. The van der Waals surface area contributed by atoms with Crippen LogP contribution in [0.15, 0.2) is 12.1 Å². The Labute approximate surface area is 127 Å². The number of alkyl halides is 3. The summed E-state index contributed by atoms with van der Waals surface area (Å²) in [6.45, 7) is 3.85.